The molecule has 3 N–H and O–H groups in total. The predicted octanol–water partition coefficient (Wildman–Crippen LogP) is 1.93. The highest BCUT2D eigenvalue weighted by molar-refractivity contribution is 7.80. The molecule has 1 aliphatic heterocycles. The third-order valence-electron chi connectivity index (χ3n) is 3.97. The van der Waals surface area contributed by atoms with Gasteiger partial charge < -0.3 is 15.4 Å². The summed E-state index contributed by atoms with van der Waals surface area (Å²) in [6.07, 6.45) is 0.706. The molecule has 6 nitrogen and oxygen atoms in total. The van der Waals surface area contributed by atoms with Crippen molar-refractivity contribution in [2.24, 2.45) is 0 Å². The van der Waals surface area contributed by atoms with Gasteiger partial charge in [0.15, 0.2) is 5.11 Å². The minimum atomic E-state index is -0.318. The number of carbonyl (C=O) groups excluding carboxylic acids is 2. The topological polar surface area (TPSA) is 79.5 Å². The van der Waals surface area contributed by atoms with Crippen molar-refractivity contribution < 1.29 is 14.3 Å². The number of carbonyl (C=O) groups is 2. The van der Waals surface area contributed by atoms with Crippen LogP contribution in [0.25, 0.3) is 0 Å². The number of para-hydroxylation sites is 1. The Morgan fingerprint density at radius 2 is 1.81 bits per heavy atom. The van der Waals surface area contributed by atoms with Gasteiger partial charge in [-0.25, -0.2) is 0 Å². The summed E-state index contributed by atoms with van der Waals surface area (Å²) < 4.78 is 5.58. The third kappa shape index (κ3) is 4.58. The molecule has 3 rings (SSSR count). The van der Waals surface area contributed by atoms with Crippen molar-refractivity contribution in [3.8, 4) is 5.75 Å². The van der Waals surface area contributed by atoms with Gasteiger partial charge in [-0.3, -0.25) is 14.9 Å². The Morgan fingerprint density at radius 3 is 2.62 bits per heavy atom. The van der Waals surface area contributed by atoms with Crippen LogP contribution < -0.4 is 20.7 Å². The lowest BCUT2D eigenvalue weighted by Gasteiger charge is -2.26. The zero-order valence-electron chi connectivity index (χ0n) is 14.0. The first-order chi connectivity index (χ1) is 12.6. The molecule has 0 unspecified atom stereocenters. The van der Waals surface area contributed by atoms with E-state index in [-0.39, 0.29) is 29.5 Å². The molecule has 0 aliphatic carbocycles. The van der Waals surface area contributed by atoms with Crippen molar-refractivity contribution in [1.29, 1.82) is 0 Å². The van der Waals surface area contributed by atoms with Gasteiger partial charge in [0.2, 0.25) is 5.91 Å². The van der Waals surface area contributed by atoms with Crippen LogP contribution >= 0.6 is 12.2 Å². The molecule has 0 spiro atoms. The number of fused-ring (bicyclic) bond motifs is 1. The minimum Gasteiger partial charge on any atom is -0.493 e. The monoisotopic (exact) mass is 369 g/mol. The summed E-state index contributed by atoms with van der Waals surface area (Å²) in [5.41, 5.74) is 1.46. The van der Waals surface area contributed by atoms with E-state index in [9.17, 15) is 9.59 Å². The summed E-state index contributed by atoms with van der Waals surface area (Å²) in [4.78, 5) is 24.2. The van der Waals surface area contributed by atoms with Crippen LogP contribution in [-0.4, -0.2) is 30.1 Å². The Balaban J connectivity index is 1.47. The Hall–Kier alpha value is -2.93. The first-order valence-corrected chi connectivity index (χ1v) is 8.69. The molecule has 1 atom stereocenters. The Labute approximate surface area is 156 Å². The van der Waals surface area contributed by atoms with Crippen LogP contribution in [0.3, 0.4) is 0 Å². The summed E-state index contributed by atoms with van der Waals surface area (Å²) >= 11 is 5.07. The van der Waals surface area contributed by atoms with Crippen molar-refractivity contribution in [3.05, 3.63) is 65.7 Å². The van der Waals surface area contributed by atoms with Crippen LogP contribution in [0.5, 0.6) is 5.75 Å². The largest absolute Gasteiger partial charge is 0.493 e. The second kappa shape index (κ2) is 8.44. The average Bonchev–Trinajstić information content (AvgIpc) is 2.67. The van der Waals surface area contributed by atoms with Gasteiger partial charge in [-0.05, 0) is 30.4 Å². The van der Waals surface area contributed by atoms with E-state index < -0.39 is 0 Å². The maximum Gasteiger partial charge on any atom is 0.257 e. The van der Waals surface area contributed by atoms with E-state index in [0.717, 1.165) is 11.3 Å². The van der Waals surface area contributed by atoms with Gasteiger partial charge in [0.25, 0.3) is 5.91 Å². The van der Waals surface area contributed by atoms with Crippen LogP contribution in [0.4, 0.5) is 0 Å². The summed E-state index contributed by atoms with van der Waals surface area (Å²) in [5.74, 6) is 0.271. The molecule has 2 amide bonds. The molecule has 0 saturated carbocycles. The molecule has 0 aromatic heterocycles. The lowest BCUT2D eigenvalue weighted by atomic mass is 10.0. The van der Waals surface area contributed by atoms with Crippen molar-refractivity contribution >= 4 is 29.1 Å². The number of thiocarbonyl (C=S) groups is 1. The van der Waals surface area contributed by atoms with Gasteiger partial charge in [0.05, 0.1) is 19.2 Å². The van der Waals surface area contributed by atoms with Gasteiger partial charge in [-0.15, -0.1) is 0 Å². The summed E-state index contributed by atoms with van der Waals surface area (Å²) in [5, 5.41) is 8.38. The molecule has 1 aliphatic rings. The fourth-order valence-electron chi connectivity index (χ4n) is 2.71. The standard InChI is InChI=1S/C19H19N3O3S/c23-17(21-15-10-11-25-16-9-5-4-8-14(15)16)12-20-19(26)22-18(24)13-6-2-1-3-7-13/h1-9,15H,10-12H2,(H,21,23)(H2,20,22,24,26)/t15-/m1/s1. The van der Waals surface area contributed by atoms with Crippen LogP contribution in [0, 0.1) is 0 Å². The second-order valence-electron chi connectivity index (χ2n) is 5.80. The number of hydrogen-bond donors (Lipinski definition) is 3. The molecule has 0 bridgehead atoms. The highest BCUT2D eigenvalue weighted by atomic mass is 32.1. The van der Waals surface area contributed by atoms with E-state index >= 15 is 0 Å². The number of hydrogen-bond acceptors (Lipinski definition) is 4. The van der Waals surface area contributed by atoms with E-state index in [1.807, 2.05) is 30.3 Å². The van der Waals surface area contributed by atoms with Crippen LogP contribution in [0.1, 0.15) is 28.4 Å². The second-order valence-corrected chi connectivity index (χ2v) is 6.21. The van der Waals surface area contributed by atoms with Crippen molar-refractivity contribution in [2.75, 3.05) is 13.2 Å². The molecule has 2 aromatic carbocycles. The van der Waals surface area contributed by atoms with Crippen molar-refractivity contribution in [1.82, 2.24) is 16.0 Å². The minimum absolute atomic E-state index is 0.0204. The zero-order chi connectivity index (χ0) is 18.4. The quantitative estimate of drug-likeness (QED) is 0.718. The molecular weight excluding hydrogens is 350 g/mol. The third-order valence-corrected chi connectivity index (χ3v) is 4.21. The molecule has 2 aromatic rings. The van der Waals surface area contributed by atoms with Gasteiger partial charge in [0, 0.05) is 17.5 Å². The normalized spacial score (nSPS) is 15.2. The van der Waals surface area contributed by atoms with Crippen molar-refractivity contribution in [3.63, 3.8) is 0 Å². The lowest BCUT2D eigenvalue weighted by molar-refractivity contribution is -0.120. The highest BCUT2D eigenvalue weighted by Crippen LogP contribution is 2.31. The number of nitrogens with one attached hydrogen (secondary N) is 3. The van der Waals surface area contributed by atoms with Gasteiger partial charge in [-0.2, -0.15) is 0 Å². The smallest absolute Gasteiger partial charge is 0.257 e. The number of benzene rings is 2. The molecule has 26 heavy (non-hydrogen) atoms. The maximum atomic E-state index is 12.2. The van der Waals surface area contributed by atoms with Crippen LogP contribution in [-0.2, 0) is 4.79 Å². The molecule has 7 heteroatoms. The van der Waals surface area contributed by atoms with E-state index in [1.54, 1.807) is 24.3 Å². The highest BCUT2D eigenvalue weighted by Gasteiger charge is 2.22. The van der Waals surface area contributed by atoms with Gasteiger partial charge in [-0.1, -0.05) is 36.4 Å². The predicted molar refractivity (Wildman–Crippen MR) is 102 cm³/mol. The van der Waals surface area contributed by atoms with E-state index in [2.05, 4.69) is 16.0 Å². The maximum absolute atomic E-state index is 12.2. The van der Waals surface area contributed by atoms with E-state index in [1.165, 1.54) is 0 Å². The Morgan fingerprint density at radius 1 is 1.08 bits per heavy atom. The number of ether oxygens (including phenoxy) is 1. The fourth-order valence-corrected chi connectivity index (χ4v) is 2.87. The molecule has 0 radical (unpaired) electrons. The molecular formula is C19H19N3O3S. The molecule has 0 saturated heterocycles. The zero-order valence-corrected chi connectivity index (χ0v) is 14.8. The van der Waals surface area contributed by atoms with Crippen LogP contribution in [0.15, 0.2) is 54.6 Å². The SMILES string of the molecule is O=C(CNC(=S)NC(=O)c1ccccc1)N[C@@H]1CCOc2ccccc21. The number of rotatable bonds is 4. The first kappa shape index (κ1) is 17.9. The van der Waals surface area contributed by atoms with E-state index in [4.69, 9.17) is 17.0 Å². The van der Waals surface area contributed by atoms with Gasteiger partial charge in [0.1, 0.15) is 5.75 Å². The molecule has 1 heterocycles. The van der Waals surface area contributed by atoms with E-state index in [0.29, 0.717) is 18.6 Å². The summed E-state index contributed by atoms with van der Waals surface area (Å²) in [7, 11) is 0. The number of amides is 2. The molecule has 0 fully saturated rings. The molecule has 134 valence electrons. The first-order valence-electron chi connectivity index (χ1n) is 8.29. The Kier molecular flexibility index (Phi) is 5.80. The fraction of sp³-hybridized carbons (Fsp3) is 0.211. The lowest BCUT2D eigenvalue weighted by Crippen LogP contribution is -2.45. The summed E-state index contributed by atoms with van der Waals surface area (Å²) in [6.45, 7) is 0.536. The van der Waals surface area contributed by atoms with Crippen molar-refractivity contribution in [2.45, 2.75) is 12.5 Å². The Bertz CT molecular complexity index is 811. The average molecular weight is 369 g/mol. The summed E-state index contributed by atoms with van der Waals surface area (Å²) in [6, 6.07) is 16.3. The van der Waals surface area contributed by atoms with Gasteiger partial charge >= 0.3 is 0 Å². The van der Waals surface area contributed by atoms with Crippen LogP contribution in [0.2, 0.25) is 0 Å².